The average molecular weight is 143 g/mol. The summed E-state index contributed by atoms with van der Waals surface area (Å²) in [6.45, 7) is 5.62. The van der Waals surface area contributed by atoms with E-state index in [2.05, 4.69) is 24.8 Å². The van der Waals surface area contributed by atoms with Crippen molar-refractivity contribution < 1.29 is 0 Å². The summed E-state index contributed by atoms with van der Waals surface area (Å²) in [5.41, 5.74) is 2.33. The molecule has 0 saturated heterocycles. The Morgan fingerprint density at radius 1 is 1.36 bits per heavy atom. The van der Waals surface area contributed by atoms with Gasteiger partial charge in [-0.05, 0) is 24.1 Å². The van der Waals surface area contributed by atoms with Crippen molar-refractivity contribution in [3.8, 4) is 0 Å². The second kappa shape index (κ2) is 3.77. The largest absolute Gasteiger partial charge is 0.0984 e. The highest BCUT2D eigenvalue weighted by atomic mass is 13.9. The lowest BCUT2D eigenvalue weighted by Gasteiger charge is -1.97. The summed E-state index contributed by atoms with van der Waals surface area (Å²) in [7, 11) is 0. The van der Waals surface area contributed by atoms with Crippen LogP contribution in [-0.2, 0) is 0 Å². The van der Waals surface area contributed by atoms with Crippen LogP contribution in [0.1, 0.15) is 12.5 Å². The lowest BCUT2D eigenvalue weighted by molar-refractivity contribution is 1.56. The third-order valence-electron chi connectivity index (χ3n) is 1.53. The van der Waals surface area contributed by atoms with Crippen molar-refractivity contribution in [1.82, 2.24) is 0 Å². The lowest BCUT2D eigenvalue weighted by atomic mass is 10.1. The quantitative estimate of drug-likeness (QED) is 0.558. The first-order chi connectivity index (χ1) is 5.34. The van der Waals surface area contributed by atoms with E-state index < -0.39 is 0 Å². The molecule has 1 radical (unpaired) electrons. The summed E-state index contributed by atoms with van der Waals surface area (Å²) < 4.78 is 0. The van der Waals surface area contributed by atoms with Gasteiger partial charge in [0.1, 0.15) is 0 Å². The fraction of sp³-hybridized carbons (Fsp3) is 0.0909. The highest BCUT2D eigenvalue weighted by molar-refractivity contribution is 5.62. The van der Waals surface area contributed by atoms with Gasteiger partial charge in [0.15, 0.2) is 0 Å². The van der Waals surface area contributed by atoms with E-state index in [1.807, 2.05) is 25.1 Å². The molecule has 55 valence electrons. The van der Waals surface area contributed by atoms with Crippen molar-refractivity contribution in [1.29, 1.82) is 0 Å². The summed E-state index contributed by atoms with van der Waals surface area (Å²) in [5, 5.41) is 0. The number of rotatable bonds is 2. The average Bonchev–Trinajstić information content (AvgIpc) is 2.07. The van der Waals surface area contributed by atoms with Gasteiger partial charge in [-0.25, -0.2) is 0 Å². The summed E-state index contributed by atoms with van der Waals surface area (Å²) in [6, 6.07) is 10.2. The molecule has 11 heavy (non-hydrogen) atoms. The summed E-state index contributed by atoms with van der Waals surface area (Å²) in [6.07, 6.45) is 4.73. The Morgan fingerprint density at radius 2 is 2.00 bits per heavy atom. The zero-order valence-corrected chi connectivity index (χ0v) is 6.67. The standard InChI is InChI=1S/C11H11/c1-3-7-10(2)11-8-5-4-6-9-11/h3-6,8-9H,1H2,2H3. The molecule has 0 bridgehead atoms. The molecule has 0 saturated carbocycles. The first-order valence-electron chi connectivity index (χ1n) is 3.61. The fourth-order valence-corrected chi connectivity index (χ4v) is 0.925. The van der Waals surface area contributed by atoms with Gasteiger partial charge in [-0.1, -0.05) is 43.0 Å². The van der Waals surface area contributed by atoms with Gasteiger partial charge in [0.05, 0.1) is 0 Å². The van der Waals surface area contributed by atoms with Crippen molar-refractivity contribution in [2.45, 2.75) is 6.92 Å². The molecule has 0 nitrogen and oxygen atoms in total. The second-order valence-electron chi connectivity index (χ2n) is 2.34. The summed E-state index contributed by atoms with van der Waals surface area (Å²) in [4.78, 5) is 0. The maximum Gasteiger partial charge on any atom is -0.0152 e. The van der Waals surface area contributed by atoms with E-state index in [1.165, 1.54) is 5.56 Å². The second-order valence-corrected chi connectivity index (χ2v) is 2.34. The molecule has 1 aromatic carbocycles. The predicted molar refractivity (Wildman–Crippen MR) is 49.0 cm³/mol. The Hall–Kier alpha value is -1.30. The number of hydrogen-bond donors (Lipinski definition) is 0. The molecule has 0 heteroatoms. The van der Waals surface area contributed by atoms with Crippen LogP contribution in [-0.4, -0.2) is 0 Å². The van der Waals surface area contributed by atoms with Gasteiger partial charge in [0.25, 0.3) is 0 Å². The minimum absolute atomic E-state index is 1.13. The molecule has 0 fully saturated rings. The van der Waals surface area contributed by atoms with E-state index in [1.54, 1.807) is 6.08 Å². The third kappa shape index (κ3) is 2.08. The van der Waals surface area contributed by atoms with Gasteiger partial charge in [-0.3, -0.25) is 0 Å². The molecule has 0 aromatic heterocycles. The van der Waals surface area contributed by atoms with Crippen LogP contribution in [0, 0.1) is 6.08 Å². The molecule has 0 aliphatic rings. The van der Waals surface area contributed by atoms with Crippen molar-refractivity contribution in [2.75, 3.05) is 0 Å². The fourth-order valence-electron chi connectivity index (χ4n) is 0.925. The number of hydrogen-bond acceptors (Lipinski definition) is 0. The smallest absolute Gasteiger partial charge is 0.0152 e. The SMILES string of the molecule is C=C[C]=C(C)c1ccccc1. The predicted octanol–water partition coefficient (Wildman–Crippen LogP) is 3.08. The van der Waals surface area contributed by atoms with Crippen LogP contribution < -0.4 is 0 Å². The van der Waals surface area contributed by atoms with Crippen molar-refractivity contribution >= 4 is 5.57 Å². The molecule has 0 atom stereocenters. The maximum atomic E-state index is 3.59. The summed E-state index contributed by atoms with van der Waals surface area (Å²) in [5.74, 6) is 0. The van der Waals surface area contributed by atoms with Gasteiger partial charge < -0.3 is 0 Å². The van der Waals surface area contributed by atoms with E-state index in [-0.39, 0.29) is 0 Å². The maximum absolute atomic E-state index is 3.59. The highest BCUT2D eigenvalue weighted by Crippen LogP contribution is 2.11. The molecule has 1 aromatic rings. The van der Waals surface area contributed by atoms with E-state index in [9.17, 15) is 0 Å². The van der Waals surface area contributed by atoms with Crippen LogP contribution in [0.25, 0.3) is 5.57 Å². The van der Waals surface area contributed by atoms with Gasteiger partial charge >= 0.3 is 0 Å². The van der Waals surface area contributed by atoms with Gasteiger partial charge in [0.2, 0.25) is 0 Å². The monoisotopic (exact) mass is 143 g/mol. The molecular formula is C11H11. The molecule has 0 unspecified atom stereocenters. The topological polar surface area (TPSA) is 0 Å². The summed E-state index contributed by atoms with van der Waals surface area (Å²) >= 11 is 0. The van der Waals surface area contributed by atoms with Crippen molar-refractivity contribution in [2.24, 2.45) is 0 Å². The number of benzene rings is 1. The van der Waals surface area contributed by atoms with E-state index in [0.717, 1.165) is 5.57 Å². The molecule has 0 amide bonds. The van der Waals surface area contributed by atoms with Crippen LogP contribution in [0.5, 0.6) is 0 Å². The van der Waals surface area contributed by atoms with Crippen LogP contribution in [0.2, 0.25) is 0 Å². The van der Waals surface area contributed by atoms with Crippen LogP contribution in [0.15, 0.2) is 43.0 Å². The van der Waals surface area contributed by atoms with Crippen molar-refractivity contribution in [3.05, 3.63) is 54.6 Å². The van der Waals surface area contributed by atoms with E-state index in [4.69, 9.17) is 0 Å². The highest BCUT2D eigenvalue weighted by Gasteiger charge is 1.90. The normalized spacial score (nSPS) is 11.2. The molecule has 0 aliphatic carbocycles. The minimum Gasteiger partial charge on any atom is -0.0984 e. The van der Waals surface area contributed by atoms with Gasteiger partial charge in [-0.15, -0.1) is 0 Å². The first-order valence-corrected chi connectivity index (χ1v) is 3.61. The lowest BCUT2D eigenvalue weighted by Crippen LogP contribution is -1.76. The van der Waals surface area contributed by atoms with Crippen LogP contribution >= 0.6 is 0 Å². The zero-order chi connectivity index (χ0) is 8.10. The van der Waals surface area contributed by atoms with Gasteiger partial charge in [0, 0.05) is 0 Å². The molecule has 0 spiro atoms. The van der Waals surface area contributed by atoms with Crippen LogP contribution in [0.4, 0.5) is 0 Å². The van der Waals surface area contributed by atoms with E-state index >= 15 is 0 Å². The molecule has 0 aliphatic heterocycles. The Balaban J connectivity index is 2.94. The van der Waals surface area contributed by atoms with Gasteiger partial charge in [-0.2, -0.15) is 0 Å². The first kappa shape index (κ1) is 7.80. The molecule has 0 N–H and O–H groups in total. The number of allylic oxidation sites excluding steroid dienone is 3. The molecular weight excluding hydrogens is 132 g/mol. The molecule has 1 rings (SSSR count). The van der Waals surface area contributed by atoms with Crippen molar-refractivity contribution in [3.63, 3.8) is 0 Å². The van der Waals surface area contributed by atoms with Crippen LogP contribution in [0.3, 0.4) is 0 Å². The Bertz CT molecular complexity index is 255. The Labute approximate surface area is 67.9 Å². The zero-order valence-electron chi connectivity index (χ0n) is 6.67. The van der Waals surface area contributed by atoms with E-state index in [0.29, 0.717) is 0 Å². The third-order valence-corrected chi connectivity index (χ3v) is 1.53. The Morgan fingerprint density at radius 3 is 2.55 bits per heavy atom. The minimum atomic E-state index is 1.13. The molecule has 0 heterocycles. The Kier molecular flexibility index (Phi) is 2.67.